The van der Waals surface area contributed by atoms with Crippen LogP contribution in [0.2, 0.25) is 0 Å². The number of hydrogen-bond acceptors (Lipinski definition) is 8. The van der Waals surface area contributed by atoms with E-state index in [1.165, 1.54) is 0 Å². The molecular weight excluding hydrogens is 435 g/mol. The molecule has 3 aliphatic heterocycles. The van der Waals surface area contributed by atoms with Crippen LogP contribution in [0.5, 0.6) is 5.75 Å². The van der Waals surface area contributed by atoms with Crippen LogP contribution in [0.25, 0.3) is 22.3 Å². The Labute approximate surface area is 198 Å². The maximum absolute atomic E-state index is 14.6. The lowest BCUT2D eigenvalue weighted by Gasteiger charge is -2.41. The molecule has 3 aromatic heterocycles. The Morgan fingerprint density at radius 3 is 2.50 bits per heavy atom. The van der Waals surface area contributed by atoms with Crippen LogP contribution in [0.1, 0.15) is 19.3 Å². The molecule has 1 spiro atoms. The van der Waals surface area contributed by atoms with Crippen LogP contribution < -0.4 is 9.64 Å². The lowest BCUT2D eigenvalue weighted by atomic mass is 9.77. The van der Waals surface area contributed by atoms with E-state index < -0.39 is 5.67 Å². The van der Waals surface area contributed by atoms with Gasteiger partial charge in [0.1, 0.15) is 11.6 Å². The number of anilines is 1. The first-order chi connectivity index (χ1) is 16.6. The molecule has 6 rings (SSSR count). The molecule has 3 saturated heterocycles. The van der Waals surface area contributed by atoms with Gasteiger partial charge in [-0.15, -0.1) is 0 Å². The van der Waals surface area contributed by atoms with Crippen LogP contribution in [0, 0.1) is 5.41 Å². The summed E-state index contributed by atoms with van der Waals surface area (Å²) in [6.07, 6.45) is 10.2. The van der Waals surface area contributed by atoms with Crippen molar-refractivity contribution in [3.8, 4) is 17.1 Å². The number of ether oxygens (including phenoxy) is 2. The minimum atomic E-state index is -1.15. The van der Waals surface area contributed by atoms with E-state index in [9.17, 15) is 4.39 Å². The van der Waals surface area contributed by atoms with Crippen molar-refractivity contribution in [3.63, 3.8) is 0 Å². The number of piperidine rings is 1. The quantitative estimate of drug-likeness (QED) is 0.570. The third-order valence-corrected chi connectivity index (χ3v) is 7.58. The number of methoxy groups -OCH3 is 1. The number of fused-ring (bicyclic) bond motifs is 1. The van der Waals surface area contributed by atoms with Crippen molar-refractivity contribution < 1.29 is 13.9 Å². The molecule has 178 valence electrons. The molecule has 0 atom stereocenters. The first kappa shape index (κ1) is 21.6. The van der Waals surface area contributed by atoms with Crippen molar-refractivity contribution in [2.24, 2.45) is 5.41 Å². The van der Waals surface area contributed by atoms with Gasteiger partial charge in [-0.3, -0.25) is 14.9 Å². The van der Waals surface area contributed by atoms with Gasteiger partial charge in [0.15, 0.2) is 11.5 Å². The molecule has 0 saturated carbocycles. The first-order valence-corrected chi connectivity index (χ1v) is 11.9. The van der Waals surface area contributed by atoms with Gasteiger partial charge in [-0.05, 0) is 43.4 Å². The first-order valence-electron chi connectivity index (χ1n) is 11.9. The fourth-order valence-corrected chi connectivity index (χ4v) is 5.63. The molecule has 0 aliphatic carbocycles. The van der Waals surface area contributed by atoms with Crippen molar-refractivity contribution in [1.29, 1.82) is 0 Å². The average Bonchev–Trinajstić information content (AvgIpc) is 3.24. The van der Waals surface area contributed by atoms with Crippen LogP contribution in [0.3, 0.4) is 0 Å². The van der Waals surface area contributed by atoms with Gasteiger partial charge in [0, 0.05) is 44.1 Å². The average molecular weight is 465 g/mol. The highest BCUT2D eigenvalue weighted by atomic mass is 19.1. The van der Waals surface area contributed by atoms with Gasteiger partial charge in [0.05, 0.1) is 43.6 Å². The van der Waals surface area contributed by atoms with Crippen molar-refractivity contribution in [2.45, 2.75) is 24.9 Å². The van der Waals surface area contributed by atoms with Gasteiger partial charge in [-0.2, -0.15) is 0 Å². The summed E-state index contributed by atoms with van der Waals surface area (Å²) in [6.45, 7) is 4.69. The molecule has 0 amide bonds. The SMILES string of the molecule is COc1cncc2nc(-c3ccncc3)nc(N3CCC4(CCN(CC5(F)COC5)C4)CC3)c12. The zero-order valence-electron chi connectivity index (χ0n) is 19.4. The second-order valence-electron chi connectivity index (χ2n) is 9.93. The molecule has 8 nitrogen and oxygen atoms in total. The van der Waals surface area contributed by atoms with E-state index in [2.05, 4.69) is 19.8 Å². The van der Waals surface area contributed by atoms with Gasteiger partial charge >= 0.3 is 0 Å². The minimum Gasteiger partial charge on any atom is -0.494 e. The molecule has 0 aromatic carbocycles. The number of likely N-dealkylation sites (tertiary alicyclic amines) is 1. The maximum Gasteiger partial charge on any atom is 0.169 e. The second kappa shape index (κ2) is 8.39. The van der Waals surface area contributed by atoms with Gasteiger partial charge in [0.2, 0.25) is 0 Å². The zero-order chi connectivity index (χ0) is 23.2. The number of aromatic nitrogens is 4. The Bertz CT molecular complexity index is 1180. The fourth-order valence-electron chi connectivity index (χ4n) is 5.63. The molecular formula is C25H29FN6O2. The molecule has 0 N–H and O–H groups in total. The molecule has 0 unspecified atom stereocenters. The summed E-state index contributed by atoms with van der Waals surface area (Å²) >= 11 is 0. The van der Waals surface area contributed by atoms with E-state index in [-0.39, 0.29) is 18.6 Å². The highest BCUT2D eigenvalue weighted by molar-refractivity contribution is 5.95. The molecule has 6 heterocycles. The van der Waals surface area contributed by atoms with E-state index in [1.807, 2.05) is 12.1 Å². The van der Waals surface area contributed by atoms with E-state index in [0.717, 1.165) is 67.7 Å². The normalized spacial score (nSPS) is 21.6. The fraction of sp³-hybridized carbons (Fsp3) is 0.520. The molecule has 0 bridgehead atoms. The summed E-state index contributed by atoms with van der Waals surface area (Å²) in [7, 11) is 1.65. The molecule has 0 radical (unpaired) electrons. The molecule has 3 aliphatic rings. The predicted molar refractivity (Wildman–Crippen MR) is 127 cm³/mol. The van der Waals surface area contributed by atoms with Crippen LogP contribution >= 0.6 is 0 Å². The highest BCUT2D eigenvalue weighted by Crippen LogP contribution is 2.43. The Morgan fingerprint density at radius 1 is 1.03 bits per heavy atom. The minimum absolute atomic E-state index is 0.238. The van der Waals surface area contributed by atoms with Gasteiger partial charge in [-0.25, -0.2) is 14.4 Å². The summed E-state index contributed by atoms with van der Waals surface area (Å²) in [5.41, 5.74) is 0.778. The van der Waals surface area contributed by atoms with Gasteiger partial charge < -0.3 is 14.4 Å². The zero-order valence-corrected chi connectivity index (χ0v) is 19.4. The number of hydrogen-bond donors (Lipinski definition) is 0. The largest absolute Gasteiger partial charge is 0.494 e. The molecule has 3 aromatic rings. The lowest BCUT2D eigenvalue weighted by Crippen LogP contribution is -2.53. The van der Waals surface area contributed by atoms with Crippen LogP contribution in [-0.4, -0.2) is 83.6 Å². The smallest absolute Gasteiger partial charge is 0.169 e. The number of halogens is 1. The van der Waals surface area contributed by atoms with E-state index in [1.54, 1.807) is 31.9 Å². The number of pyridine rings is 2. The van der Waals surface area contributed by atoms with Crippen LogP contribution in [0.4, 0.5) is 10.2 Å². The standard InChI is InChI=1S/C25H29FN6O2/c1-33-20-13-28-12-19-21(20)23(30-22(29-19)18-2-7-27-8-3-18)32-10-5-24(6-11-32)4-9-31(14-24)15-25(26)16-34-17-25/h2-3,7-8,12-13H,4-6,9-11,14-17H2,1H3. The number of alkyl halides is 1. The third-order valence-electron chi connectivity index (χ3n) is 7.58. The Balaban J connectivity index is 1.27. The van der Waals surface area contributed by atoms with E-state index in [4.69, 9.17) is 19.4 Å². The van der Waals surface area contributed by atoms with Crippen molar-refractivity contribution >= 4 is 16.7 Å². The number of nitrogens with zero attached hydrogens (tertiary/aromatic N) is 6. The van der Waals surface area contributed by atoms with E-state index >= 15 is 0 Å². The number of rotatable bonds is 5. The summed E-state index contributed by atoms with van der Waals surface area (Å²) in [5, 5.41) is 0.892. The summed E-state index contributed by atoms with van der Waals surface area (Å²) in [6, 6.07) is 3.84. The maximum atomic E-state index is 14.6. The summed E-state index contributed by atoms with van der Waals surface area (Å²) in [4.78, 5) is 22.9. The predicted octanol–water partition coefficient (Wildman–Crippen LogP) is 3.13. The Morgan fingerprint density at radius 2 is 1.79 bits per heavy atom. The summed E-state index contributed by atoms with van der Waals surface area (Å²) in [5.74, 6) is 2.22. The van der Waals surface area contributed by atoms with Crippen LogP contribution in [-0.2, 0) is 4.74 Å². The van der Waals surface area contributed by atoms with Crippen LogP contribution in [0.15, 0.2) is 36.9 Å². The topological polar surface area (TPSA) is 76.5 Å². The Kier molecular flexibility index (Phi) is 5.33. The molecule has 3 fully saturated rings. The van der Waals surface area contributed by atoms with Gasteiger partial charge in [0.25, 0.3) is 0 Å². The molecule has 9 heteroatoms. The summed E-state index contributed by atoms with van der Waals surface area (Å²) < 4.78 is 25.3. The van der Waals surface area contributed by atoms with Crippen molar-refractivity contribution in [2.75, 3.05) is 57.9 Å². The van der Waals surface area contributed by atoms with Gasteiger partial charge in [-0.1, -0.05) is 0 Å². The second-order valence-corrected chi connectivity index (χ2v) is 9.93. The van der Waals surface area contributed by atoms with Crippen molar-refractivity contribution in [1.82, 2.24) is 24.8 Å². The monoisotopic (exact) mass is 464 g/mol. The molecule has 34 heavy (non-hydrogen) atoms. The lowest BCUT2D eigenvalue weighted by molar-refractivity contribution is -0.140. The third kappa shape index (κ3) is 3.86. The highest BCUT2D eigenvalue weighted by Gasteiger charge is 2.46. The van der Waals surface area contributed by atoms with E-state index in [0.29, 0.717) is 18.1 Å². The van der Waals surface area contributed by atoms with Crippen molar-refractivity contribution in [3.05, 3.63) is 36.9 Å². The Hall–Kier alpha value is -2.91.